The molecule has 2 fully saturated rings. The second kappa shape index (κ2) is 6.78. The van der Waals surface area contributed by atoms with Crippen LogP contribution < -0.4 is 5.32 Å². The van der Waals surface area contributed by atoms with Crippen LogP contribution in [-0.4, -0.2) is 52.6 Å². The van der Waals surface area contributed by atoms with Gasteiger partial charge in [-0.3, -0.25) is 9.69 Å². The van der Waals surface area contributed by atoms with Crippen molar-refractivity contribution in [2.45, 2.75) is 31.5 Å². The lowest BCUT2D eigenvalue weighted by Crippen LogP contribution is -2.43. The Kier molecular flexibility index (Phi) is 4.50. The molecule has 25 heavy (non-hydrogen) atoms. The molecule has 1 aromatic heterocycles. The van der Waals surface area contributed by atoms with E-state index in [1.54, 1.807) is 6.20 Å². The quantitative estimate of drug-likeness (QED) is 0.881. The van der Waals surface area contributed by atoms with Gasteiger partial charge in [-0.15, -0.1) is 0 Å². The molecule has 0 spiro atoms. The summed E-state index contributed by atoms with van der Waals surface area (Å²) in [5.41, 5.74) is 1.65. The zero-order valence-corrected chi connectivity index (χ0v) is 14.8. The first-order valence-electron chi connectivity index (χ1n) is 8.52. The van der Waals surface area contributed by atoms with Crippen LogP contribution in [0.1, 0.15) is 34.4 Å². The first-order chi connectivity index (χ1) is 12.1. The maximum Gasteiger partial charge on any atom is 0.269 e. The number of ether oxygens (including phenoxy) is 1. The summed E-state index contributed by atoms with van der Waals surface area (Å²) in [5.74, 6) is 0.647. The number of aryl methyl sites for hydroxylation is 1. The van der Waals surface area contributed by atoms with E-state index in [0.717, 1.165) is 35.9 Å². The number of aromatic nitrogens is 2. The van der Waals surface area contributed by atoms with Gasteiger partial charge in [0.05, 0.1) is 18.9 Å². The molecule has 2 aliphatic heterocycles. The summed E-state index contributed by atoms with van der Waals surface area (Å²) in [6.45, 7) is 4.20. The maximum atomic E-state index is 12.3. The van der Waals surface area contributed by atoms with Crippen molar-refractivity contribution in [2.75, 3.05) is 19.7 Å². The Hall–Kier alpha value is -1.89. The minimum absolute atomic E-state index is 0.0539. The number of imidazole rings is 1. The fourth-order valence-electron chi connectivity index (χ4n) is 3.66. The zero-order valence-electron chi connectivity index (χ0n) is 14.0. The van der Waals surface area contributed by atoms with Crippen molar-refractivity contribution in [3.05, 3.63) is 52.6 Å². The molecule has 2 aliphatic rings. The van der Waals surface area contributed by atoms with Crippen LogP contribution in [0.15, 0.2) is 30.5 Å². The zero-order chi connectivity index (χ0) is 17.4. The number of amides is 1. The molecule has 0 radical (unpaired) electrons. The lowest BCUT2D eigenvalue weighted by molar-refractivity contribution is -0.0502. The molecule has 7 heteroatoms. The molecule has 2 saturated heterocycles. The summed E-state index contributed by atoms with van der Waals surface area (Å²) in [5, 5.41) is 3.83. The molecule has 3 atom stereocenters. The average Bonchev–Trinajstić information content (AvgIpc) is 3.20. The van der Waals surface area contributed by atoms with Crippen LogP contribution in [0.4, 0.5) is 0 Å². The number of nitrogens with one attached hydrogen (secondary N) is 2. The van der Waals surface area contributed by atoms with Gasteiger partial charge in [0, 0.05) is 30.2 Å². The van der Waals surface area contributed by atoms with Gasteiger partial charge in [-0.1, -0.05) is 23.7 Å². The van der Waals surface area contributed by atoms with E-state index in [9.17, 15) is 4.79 Å². The smallest absolute Gasteiger partial charge is 0.269 e. The maximum absolute atomic E-state index is 12.3. The van der Waals surface area contributed by atoms with Gasteiger partial charge in [0.25, 0.3) is 5.91 Å². The Balaban J connectivity index is 1.36. The Bertz CT molecular complexity index is 761. The highest BCUT2D eigenvalue weighted by atomic mass is 35.5. The molecule has 132 valence electrons. The number of benzene rings is 1. The topological polar surface area (TPSA) is 70.2 Å². The molecule has 2 N–H and O–H groups in total. The van der Waals surface area contributed by atoms with Crippen LogP contribution in [0.3, 0.4) is 0 Å². The standard InChI is InChI=1S/C18H21ClN4O2/c1-11-20-7-16(21-11)18(24)22-14-6-15-10-25-17(9-23(15)8-14)12-2-4-13(19)5-3-12/h2-5,7,14-15,17H,6,8-10H2,1H3,(H,20,21)(H,22,24)/t14-,15-,17+/m0/s1. The average molecular weight is 361 g/mol. The molecule has 0 bridgehead atoms. The summed E-state index contributed by atoms with van der Waals surface area (Å²) in [7, 11) is 0. The monoisotopic (exact) mass is 360 g/mol. The molecule has 2 aromatic rings. The number of carbonyl (C=O) groups is 1. The van der Waals surface area contributed by atoms with Crippen LogP contribution in [0.25, 0.3) is 0 Å². The first kappa shape index (κ1) is 16.6. The van der Waals surface area contributed by atoms with E-state index in [0.29, 0.717) is 18.3 Å². The molecule has 0 aliphatic carbocycles. The molecular formula is C18H21ClN4O2. The van der Waals surface area contributed by atoms with Crippen LogP contribution >= 0.6 is 11.6 Å². The Morgan fingerprint density at radius 2 is 2.16 bits per heavy atom. The van der Waals surface area contributed by atoms with E-state index in [2.05, 4.69) is 20.2 Å². The highest BCUT2D eigenvalue weighted by molar-refractivity contribution is 6.30. The van der Waals surface area contributed by atoms with Gasteiger partial charge in [0.2, 0.25) is 0 Å². The SMILES string of the molecule is Cc1ncc(C(=O)N[C@H]2C[C@H]3CO[C@@H](c4ccc(Cl)cc4)CN3C2)[nH]1. The predicted molar refractivity (Wildman–Crippen MR) is 94.7 cm³/mol. The summed E-state index contributed by atoms with van der Waals surface area (Å²) < 4.78 is 6.05. The van der Waals surface area contributed by atoms with Gasteiger partial charge in [-0.25, -0.2) is 4.98 Å². The first-order valence-corrected chi connectivity index (χ1v) is 8.90. The van der Waals surface area contributed by atoms with E-state index in [4.69, 9.17) is 16.3 Å². The van der Waals surface area contributed by atoms with Crippen molar-refractivity contribution in [3.8, 4) is 0 Å². The molecule has 0 saturated carbocycles. The molecule has 1 amide bonds. The highest BCUT2D eigenvalue weighted by Gasteiger charge is 2.38. The Labute approximate surface area is 151 Å². The van der Waals surface area contributed by atoms with Crippen molar-refractivity contribution in [3.63, 3.8) is 0 Å². The van der Waals surface area contributed by atoms with E-state index in [-0.39, 0.29) is 18.1 Å². The van der Waals surface area contributed by atoms with Gasteiger partial charge in [0.15, 0.2) is 0 Å². The van der Waals surface area contributed by atoms with Crippen LogP contribution in [-0.2, 0) is 4.74 Å². The van der Waals surface area contributed by atoms with Crippen LogP contribution in [0, 0.1) is 6.92 Å². The second-order valence-electron chi connectivity index (χ2n) is 6.77. The van der Waals surface area contributed by atoms with Gasteiger partial charge >= 0.3 is 0 Å². The number of morpholine rings is 1. The number of carbonyl (C=O) groups excluding carboxylic acids is 1. The van der Waals surface area contributed by atoms with Crippen molar-refractivity contribution in [2.24, 2.45) is 0 Å². The number of nitrogens with zero attached hydrogens (tertiary/aromatic N) is 2. The van der Waals surface area contributed by atoms with Gasteiger partial charge in [-0.2, -0.15) is 0 Å². The van der Waals surface area contributed by atoms with Crippen molar-refractivity contribution in [1.29, 1.82) is 0 Å². The van der Waals surface area contributed by atoms with E-state index in [1.807, 2.05) is 31.2 Å². The van der Waals surface area contributed by atoms with Crippen LogP contribution in [0.2, 0.25) is 5.02 Å². The van der Waals surface area contributed by atoms with Crippen molar-refractivity contribution in [1.82, 2.24) is 20.2 Å². The Morgan fingerprint density at radius 1 is 1.36 bits per heavy atom. The number of H-pyrrole nitrogens is 1. The number of hydrogen-bond donors (Lipinski definition) is 2. The van der Waals surface area contributed by atoms with Gasteiger partial charge < -0.3 is 15.0 Å². The summed E-state index contributed by atoms with van der Waals surface area (Å²) in [4.78, 5) is 21.8. The number of aromatic amines is 1. The molecule has 6 nitrogen and oxygen atoms in total. The highest BCUT2D eigenvalue weighted by Crippen LogP contribution is 2.30. The molecule has 0 unspecified atom stereocenters. The molecule has 4 rings (SSSR count). The lowest BCUT2D eigenvalue weighted by Gasteiger charge is -2.35. The summed E-state index contributed by atoms with van der Waals surface area (Å²) >= 11 is 5.96. The minimum atomic E-state index is -0.0967. The second-order valence-corrected chi connectivity index (χ2v) is 7.21. The van der Waals surface area contributed by atoms with Crippen LogP contribution in [0.5, 0.6) is 0 Å². The van der Waals surface area contributed by atoms with E-state index >= 15 is 0 Å². The summed E-state index contributed by atoms with van der Waals surface area (Å²) in [6.07, 6.45) is 2.54. The normalized spacial score (nSPS) is 26.4. The Morgan fingerprint density at radius 3 is 2.88 bits per heavy atom. The fraction of sp³-hybridized carbons (Fsp3) is 0.444. The number of hydrogen-bond acceptors (Lipinski definition) is 4. The van der Waals surface area contributed by atoms with E-state index in [1.165, 1.54) is 0 Å². The van der Waals surface area contributed by atoms with Crippen molar-refractivity contribution < 1.29 is 9.53 Å². The number of fused-ring (bicyclic) bond motifs is 1. The lowest BCUT2D eigenvalue weighted by atomic mass is 10.1. The third-order valence-electron chi connectivity index (χ3n) is 4.94. The number of rotatable bonds is 3. The fourth-order valence-corrected chi connectivity index (χ4v) is 3.78. The van der Waals surface area contributed by atoms with Gasteiger partial charge in [-0.05, 0) is 31.0 Å². The van der Waals surface area contributed by atoms with E-state index < -0.39 is 0 Å². The number of halogens is 1. The minimum Gasteiger partial charge on any atom is -0.371 e. The van der Waals surface area contributed by atoms with Gasteiger partial charge in [0.1, 0.15) is 11.5 Å². The largest absolute Gasteiger partial charge is 0.371 e. The third-order valence-corrected chi connectivity index (χ3v) is 5.19. The molecule has 3 heterocycles. The van der Waals surface area contributed by atoms with Crippen molar-refractivity contribution >= 4 is 17.5 Å². The molecular weight excluding hydrogens is 340 g/mol. The third kappa shape index (κ3) is 3.56. The summed E-state index contributed by atoms with van der Waals surface area (Å²) in [6, 6.07) is 8.32. The predicted octanol–water partition coefficient (Wildman–Crippen LogP) is 2.32. The molecule has 1 aromatic carbocycles.